The molecule has 7 heteroatoms. The molecule has 0 spiro atoms. The fourth-order valence-electron chi connectivity index (χ4n) is 4.63. The van der Waals surface area contributed by atoms with Crippen LogP contribution in [0.3, 0.4) is 0 Å². The summed E-state index contributed by atoms with van der Waals surface area (Å²) in [5, 5.41) is 9.88. The van der Waals surface area contributed by atoms with Gasteiger partial charge in [0, 0.05) is 36.4 Å². The van der Waals surface area contributed by atoms with Gasteiger partial charge in [-0.15, -0.1) is 0 Å². The van der Waals surface area contributed by atoms with Gasteiger partial charge in [0.15, 0.2) is 5.76 Å². The number of aliphatic hydroxyl groups is 1. The van der Waals surface area contributed by atoms with Crippen LogP contribution in [0.5, 0.6) is 0 Å². The molecule has 2 aromatic rings. The molecule has 1 aliphatic heterocycles. The molecule has 1 N–H and O–H groups in total. The highest BCUT2D eigenvalue weighted by atomic mass is 16.7. The van der Waals surface area contributed by atoms with Crippen molar-refractivity contribution in [2.24, 2.45) is 0 Å². The molecule has 0 radical (unpaired) electrons. The Bertz CT molecular complexity index is 916. The molecular weight excluding hydrogens is 410 g/mol. The number of amides is 1. The first-order chi connectivity index (χ1) is 15.7. The molecule has 1 aromatic heterocycles. The lowest BCUT2D eigenvalue weighted by molar-refractivity contribution is -0.157. The highest BCUT2D eigenvalue weighted by Crippen LogP contribution is 2.37. The van der Waals surface area contributed by atoms with Crippen LogP contribution in [-0.2, 0) is 19.0 Å². The number of carbonyl (C=O) groups excluding carboxylic acids is 1. The lowest BCUT2D eigenvalue weighted by atomic mass is 9.91. The van der Waals surface area contributed by atoms with Crippen LogP contribution in [0.15, 0.2) is 46.8 Å². The van der Waals surface area contributed by atoms with Gasteiger partial charge in [0.05, 0.1) is 32.7 Å². The summed E-state index contributed by atoms with van der Waals surface area (Å²) in [5.74, 6) is 0.176. The molecule has 0 saturated heterocycles. The van der Waals surface area contributed by atoms with Crippen LogP contribution in [0.2, 0.25) is 0 Å². The second kappa shape index (κ2) is 11.0. The van der Waals surface area contributed by atoms with Crippen LogP contribution in [-0.4, -0.2) is 61.7 Å². The van der Waals surface area contributed by atoms with Gasteiger partial charge in [-0.3, -0.25) is 4.79 Å². The first kappa shape index (κ1) is 22.8. The Balaban J connectivity index is 1.53. The zero-order valence-corrected chi connectivity index (χ0v) is 18.7. The van der Waals surface area contributed by atoms with E-state index in [0.29, 0.717) is 25.4 Å². The lowest BCUT2D eigenvalue weighted by Crippen LogP contribution is -2.41. The standard InChI is InChI=1S/C25H33NO6/c1-26(19-7-3-2-4-8-19)25(28)23-15-18(16-24(32-23)30-14-13-29-12-11-27)21-17-31-22-10-6-5-9-20(21)22/h5-6,9-10,15,17-19,24,27H,2-4,7-8,11-14,16H2,1H3/t18-,24+/m1/s1. The Morgan fingerprint density at radius 3 is 2.78 bits per heavy atom. The van der Waals surface area contributed by atoms with E-state index in [-0.39, 0.29) is 31.1 Å². The highest BCUT2D eigenvalue weighted by molar-refractivity contribution is 5.92. The summed E-state index contributed by atoms with van der Waals surface area (Å²) in [6, 6.07) is 8.16. The van der Waals surface area contributed by atoms with E-state index in [1.165, 1.54) is 6.42 Å². The third-order valence-electron chi connectivity index (χ3n) is 6.39. The minimum Gasteiger partial charge on any atom is -0.464 e. The van der Waals surface area contributed by atoms with E-state index >= 15 is 0 Å². The molecule has 1 aliphatic carbocycles. The van der Waals surface area contributed by atoms with Crippen LogP contribution in [0.4, 0.5) is 0 Å². The molecule has 32 heavy (non-hydrogen) atoms. The number of furan rings is 1. The number of aliphatic hydroxyl groups excluding tert-OH is 1. The number of nitrogens with zero attached hydrogens (tertiary/aromatic N) is 1. The second-order valence-corrected chi connectivity index (χ2v) is 8.52. The van der Waals surface area contributed by atoms with Crippen molar-refractivity contribution in [2.45, 2.75) is 56.8 Å². The maximum Gasteiger partial charge on any atom is 0.288 e. The van der Waals surface area contributed by atoms with E-state index in [9.17, 15) is 4.79 Å². The summed E-state index contributed by atoms with van der Waals surface area (Å²) in [5.41, 5.74) is 1.85. The van der Waals surface area contributed by atoms with Crippen LogP contribution >= 0.6 is 0 Å². The van der Waals surface area contributed by atoms with Crippen molar-refractivity contribution in [3.63, 3.8) is 0 Å². The van der Waals surface area contributed by atoms with Gasteiger partial charge >= 0.3 is 0 Å². The van der Waals surface area contributed by atoms with Crippen LogP contribution < -0.4 is 0 Å². The number of fused-ring (bicyclic) bond motifs is 1. The molecule has 1 aromatic carbocycles. The Morgan fingerprint density at radius 2 is 1.97 bits per heavy atom. The molecule has 4 rings (SSSR count). The molecule has 174 valence electrons. The largest absolute Gasteiger partial charge is 0.464 e. The fourth-order valence-corrected chi connectivity index (χ4v) is 4.63. The van der Waals surface area contributed by atoms with Crippen molar-refractivity contribution < 1.29 is 28.5 Å². The predicted molar refractivity (Wildman–Crippen MR) is 120 cm³/mol. The fraction of sp³-hybridized carbons (Fsp3) is 0.560. The quantitative estimate of drug-likeness (QED) is 0.591. The molecular formula is C25H33NO6. The van der Waals surface area contributed by atoms with Gasteiger partial charge in [-0.05, 0) is 25.0 Å². The Kier molecular flexibility index (Phi) is 7.84. The maximum atomic E-state index is 13.3. The number of rotatable bonds is 9. The minimum absolute atomic E-state index is 0.0234. The monoisotopic (exact) mass is 443 g/mol. The lowest BCUT2D eigenvalue weighted by Gasteiger charge is -2.34. The summed E-state index contributed by atoms with van der Waals surface area (Å²) in [6.07, 6.45) is 9.33. The van der Waals surface area contributed by atoms with Crippen molar-refractivity contribution in [3.05, 3.63) is 47.9 Å². The molecule has 7 nitrogen and oxygen atoms in total. The number of hydrogen-bond acceptors (Lipinski definition) is 6. The van der Waals surface area contributed by atoms with Gasteiger partial charge in [0.25, 0.3) is 5.91 Å². The van der Waals surface area contributed by atoms with E-state index in [0.717, 1.165) is 42.2 Å². The molecule has 2 aliphatic rings. The molecule has 2 heterocycles. The van der Waals surface area contributed by atoms with Crippen LogP contribution in [0.25, 0.3) is 11.0 Å². The van der Waals surface area contributed by atoms with Gasteiger partial charge < -0.3 is 28.6 Å². The SMILES string of the molecule is CN(C(=O)C1=C[C@@H](c2coc3ccccc23)C[C@@H](OCCOCCO)O1)C1CCCCC1. The number of carbonyl (C=O) groups is 1. The molecule has 1 fully saturated rings. The van der Waals surface area contributed by atoms with E-state index in [2.05, 4.69) is 0 Å². The topological polar surface area (TPSA) is 81.4 Å². The molecule has 1 amide bonds. The Labute approximate surface area is 188 Å². The van der Waals surface area contributed by atoms with Crippen molar-refractivity contribution >= 4 is 16.9 Å². The molecule has 0 unspecified atom stereocenters. The van der Waals surface area contributed by atoms with E-state index < -0.39 is 6.29 Å². The summed E-state index contributed by atoms with van der Waals surface area (Å²) in [4.78, 5) is 15.2. The molecule has 1 saturated carbocycles. The third kappa shape index (κ3) is 5.34. The maximum absolute atomic E-state index is 13.3. The first-order valence-electron chi connectivity index (χ1n) is 11.6. The zero-order valence-electron chi connectivity index (χ0n) is 18.7. The van der Waals surface area contributed by atoms with Crippen molar-refractivity contribution in [3.8, 4) is 0 Å². The van der Waals surface area contributed by atoms with E-state index in [1.807, 2.05) is 42.3 Å². The van der Waals surface area contributed by atoms with Gasteiger partial charge in [0.2, 0.25) is 6.29 Å². The van der Waals surface area contributed by atoms with Gasteiger partial charge in [-0.2, -0.15) is 0 Å². The smallest absolute Gasteiger partial charge is 0.288 e. The van der Waals surface area contributed by atoms with Crippen molar-refractivity contribution in [1.82, 2.24) is 4.90 Å². The number of para-hydroxylation sites is 1. The van der Waals surface area contributed by atoms with Crippen LogP contribution in [0, 0.1) is 0 Å². The average molecular weight is 444 g/mol. The average Bonchev–Trinajstić information content (AvgIpc) is 3.27. The number of hydrogen-bond donors (Lipinski definition) is 1. The summed E-state index contributed by atoms with van der Waals surface area (Å²) >= 11 is 0. The Morgan fingerprint density at radius 1 is 1.16 bits per heavy atom. The van der Waals surface area contributed by atoms with E-state index in [1.54, 1.807) is 6.26 Å². The van der Waals surface area contributed by atoms with E-state index in [4.69, 9.17) is 23.7 Å². The van der Waals surface area contributed by atoms with Gasteiger partial charge in [0.1, 0.15) is 5.58 Å². The van der Waals surface area contributed by atoms with Gasteiger partial charge in [-0.1, -0.05) is 37.5 Å². The number of ether oxygens (including phenoxy) is 3. The third-order valence-corrected chi connectivity index (χ3v) is 6.39. The number of likely N-dealkylation sites (N-methyl/N-ethyl adjacent to an activating group) is 1. The zero-order chi connectivity index (χ0) is 22.3. The first-order valence-corrected chi connectivity index (χ1v) is 11.6. The number of benzene rings is 1. The summed E-state index contributed by atoms with van der Waals surface area (Å²) < 4.78 is 23.0. The molecule has 0 bridgehead atoms. The Hall–Kier alpha value is -2.35. The highest BCUT2D eigenvalue weighted by Gasteiger charge is 2.33. The number of allylic oxidation sites excluding steroid dienone is 1. The van der Waals surface area contributed by atoms with Crippen molar-refractivity contribution in [2.75, 3.05) is 33.5 Å². The van der Waals surface area contributed by atoms with Gasteiger partial charge in [-0.25, -0.2) is 0 Å². The second-order valence-electron chi connectivity index (χ2n) is 8.52. The van der Waals surface area contributed by atoms with Crippen LogP contribution in [0.1, 0.15) is 50.0 Å². The molecule has 2 atom stereocenters. The van der Waals surface area contributed by atoms with Crippen molar-refractivity contribution in [1.29, 1.82) is 0 Å². The summed E-state index contributed by atoms with van der Waals surface area (Å²) in [7, 11) is 1.87. The normalized spacial score (nSPS) is 21.9. The predicted octanol–water partition coefficient (Wildman–Crippen LogP) is 3.96. The minimum atomic E-state index is -0.560. The summed E-state index contributed by atoms with van der Waals surface area (Å²) in [6.45, 7) is 0.928.